The molecule has 0 unspecified atom stereocenters. The van der Waals surface area contributed by atoms with Crippen molar-refractivity contribution >= 4 is 17.5 Å². The van der Waals surface area contributed by atoms with Crippen LogP contribution in [0.2, 0.25) is 0 Å². The molecule has 0 aliphatic carbocycles. The molecular weight excluding hydrogens is 380 g/mol. The average Bonchev–Trinajstić information content (AvgIpc) is 3.25. The Kier molecular flexibility index (Phi) is 7.29. The fraction of sp³-hybridized carbons (Fsp3) is 0.455. The lowest BCUT2D eigenvalue weighted by atomic mass is 10.1. The fourth-order valence-electron chi connectivity index (χ4n) is 3.77. The predicted octanol–water partition coefficient (Wildman–Crippen LogP) is 1.95. The van der Waals surface area contributed by atoms with Gasteiger partial charge in [0.2, 0.25) is 11.8 Å². The van der Waals surface area contributed by atoms with E-state index in [0.717, 1.165) is 38.8 Å². The molecule has 2 aliphatic heterocycles. The van der Waals surface area contributed by atoms with Gasteiger partial charge >= 0.3 is 0 Å². The van der Waals surface area contributed by atoms with Gasteiger partial charge in [0.15, 0.2) is 5.57 Å². The van der Waals surface area contributed by atoms with Crippen LogP contribution in [0.1, 0.15) is 32.1 Å². The number of allylic oxidation sites excluding steroid dienone is 1. The smallest absolute Gasteiger partial charge is 0.245 e. The molecule has 2 aliphatic rings. The lowest BCUT2D eigenvalue weighted by Gasteiger charge is -2.27. The van der Waals surface area contributed by atoms with Crippen molar-refractivity contribution < 1.29 is 9.59 Å². The van der Waals surface area contributed by atoms with Gasteiger partial charge in [0.1, 0.15) is 24.0 Å². The van der Waals surface area contributed by atoms with Gasteiger partial charge in [-0.15, -0.1) is 0 Å². The summed E-state index contributed by atoms with van der Waals surface area (Å²) in [5, 5.41) is 24.8. The third-order valence-electron chi connectivity index (χ3n) is 5.40. The zero-order valence-electron chi connectivity index (χ0n) is 16.9. The van der Waals surface area contributed by atoms with Gasteiger partial charge < -0.3 is 20.4 Å². The second-order valence-electron chi connectivity index (χ2n) is 7.51. The van der Waals surface area contributed by atoms with E-state index in [0.29, 0.717) is 18.7 Å². The average molecular weight is 406 g/mol. The maximum atomic E-state index is 13.2. The number of likely N-dealkylation sites (tertiary alicyclic amines) is 2. The monoisotopic (exact) mass is 406 g/mol. The van der Waals surface area contributed by atoms with Crippen LogP contribution in [-0.2, 0) is 9.59 Å². The number of carbonyl (C=O) groups is 2. The first-order valence-corrected chi connectivity index (χ1v) is 10.3. The number of amides is 2. The zero-order valence-corrected chi connectivity index (χ0v) is 16.9. The summed E-state index contributed by atoms with van der Waals surface area (Å²) in [7, 11) is 0. The van der Waals surface area contributed by atoms with Crippen LogP contribution in [0.25, 0.3) is 0 Å². The Morgan fingerprint density at radius 2 is 1.70 bits per heavy atom. The number of nitriles is 2. The maximum Gasteiger partial charge on any atom is 0.245 e. The van der Waals surface area contributed by atoms with Crippen molar-refractivity contribution in [3.63, 3.8) is 0 Å². The number of rotatable bonds is 6. The second-order valence-corrected chi connectivity index (χ2v) is 7.51. The van der Waals surface area contributed by atoms with E-state index in [9.17, 15) is 20.1 Å². The van der Waals surface area contributed by atoms with Crippen LogP contribution < -0.4 is 10.6 Å². The quantitative estimate of drug-likeness (QED) is 0.699. The van der Waals surface area contributed by atoms with Crippen LogP contribution in [0.5, 0.6) is 0 Å². The van der Waals surface area contributed by atoms with Gasteiger partial charge in [-0.05, 0) is 44.2 Å². The molecule has 2 saturated heterocycles. The molecule has 30 heavy (non-hydrogen) atoms. The van der Waals surface area contributed by atoms with Crippen molar-refractivity contribution in [2.24, 2.45) is 0 Å². The normalized spacial score (nSPS) is 18.7. The number of nitrogens with zero attached hydrogens (tertiary/aromatic N) is 4. The summed E-state index contributed by atoms with van der Waals surface area (Å²) in [4.78, 5) is 29.1. The van der Waals surface area contributed by atoms with Crippen LogP contribution in [0.3, 0.4) is 0 Å². The first kappa shape index (κ1) is 21.2. The Morgan fingerprint density at radius 3 is 2.37 bits per heavy atom. The van der Waals surface area contributed by atoms with E-state index >= 15 is 0 Å². The summed E-state index contributed by atoms with van der Waals surface area (Å²) in [6.07, 6.45) is 4.20. The first-order chi connectivity index (χ1) is 14.6. The number of carbonyl (C=O) groups excluding carboxylic acids is 2. The van der Waals surface area contributed by atoms with Gasteiger partial charge in [0.25, 0.3) is 0 Å². The van der Waals surface area contributed by atoms with Crippen molar-refractivity contribution in [1.82, 2.24) is 15.1 Å². The Bertz CT molecular complexity index is 861. The van der Waals surface area contributed by atoms with Crippen LogP contribution in [0.15, 0.2) is 41.7 Å². The molecule has 0 saturated carbocycles. The van der Waals surface area contributed by atoms with Gasteiger partial charge in [-0.25, -0.2) is 0 Å². The van der Waals surface area contributed by atoms with Gasteiger partial charge in [0, 0.05) is 25.3 Å². The lowest BCUT2D eigenvalue weighted by Crippen LogP contribution is -2.49. The molecule has 8 heteroatoms. The molecule has 1 aromatic carbocycles. The number of anilines is 1. The van der Waals surface area contributed by atoms with Crippen molar-refractivity contribution in [2.75, 3.05) is 31.5 Å². The Hall–Kier alpha value is -3.52. The van der Waals surface area contributed by atoms with E-state index < -0.39 is 6.04 Å². The third kappa shape index (κ3) is 5.30. The molecule has 0 radical (unpaired) electrons. The minimum atomic E-state index is -0.609. The lowest BCUT2D eigenvalue weighted by molar-refractivity contribution is -0.140. The second kappa shape index (κ2) is 10.3. The van der Waals surface area contributed by atoms with Crippen molar-refractivity contribution in [3.8, 4) is 12.1 Å². The van der Waals surface area contributed by atoms with E-state index in [4.69, 9.17) is 0 Å². The third-order valence-corrected chi connectivity index (χ3v) is 5.40. The molecule has 2 heterocycles. The highest BCUT2D eigenvalue weighted by molar-refractivity contribution is 5.88. The van der Waals surface area contributed by atoms with E-state index in [-0.39, 0.29) is 29.8 Å². The number of hydrogen-bond acceptors (Lipinski definition) is 6. The highest BCUT2D eigenvalue weighted by atomic mass is 16.2. The molecule has 0 spiro atoms. The minimum absolute atomic E-state index is 0.0191. The molecule has 1 aromatic rings. The zero-order chi connectivity index (χ0) is 21.3. The number of para-hydroxylation sites is 1. The standard InChI is InChI=1S/C22H26N6O2/c23-14-17(15-24)21(25-18-8-2-1-3-9-18)26-19-10-4-5-13-28(22(19)30)16-20(29)27-11-6-7-12-27/h1-3,8-9,19,25-26H,4-7,10-13,16H2/t19-/m0/s1. The molecule has 0 bridgehead atoms. The molecule has 0 aromatic heterocycles. The molecule has 1 atom stereocenters. The highest BCUT2D eigenvalue weighted by Crippen LogP contribution is 2.17. The van der Waals surface area contributed by atoms with E-state index in [1.54, 1.807) is 4.90 Å². The molecule has 156 valence electrons. The van der Waals surface area contributed by atoms with Crippen molar-refractivity contribution in [3.05, 3.63) is 41.7 Å². The van der Waals surface area contributed by atoms with Gasteiger partial charge in [-0.1, -0.05) is 18.2 Å². The van der Waals surface area contributed by atoms with Crippen LogP contribution >= 0.6 is 0 Å². The largest absolute Gasteiger partial charge is 0.358 e. The van der Waals surface area contributed by atoms with Crippen LogP contribution in [0, 0.1) is 22.7 Å². The predicted molar refractivity (Wildman–Crippen MR) is 111 cm³/mol. The van der Waals surface area contributed by atoms with Gasteiger partial charge in [0.05, 0.1) is 6.54 Å². The summed E-state index contributed by atoms with van der Waals surface area (Å²) in [6, 6.07) is 12.3. The van der Waals surface area contributed by atoms with Crippen LogP contribution in [-0.4, -0.2) is 53.8 Å². The summed E-state index contributed by atoms with van der Waals surface area (Å²) >= 11 is 0. The summed E-state index contributed by atoms with van der Waals surface area (Å²) < 4.78 is 0. The Labute approximate surface area is 176 Å². The van der Waals surface area contributed by atoms with Crippen molar-refractivity contribution in [1.29, 1.82) is 10.5 Å². The minimum Gasteiger partial charge on any atom is -0.358 e. The van der Waals surface area contributed by atoms with E-state index in [1.165, 1.54) is 0 Å². The molecule has 2 N–H and O–H groups in total. The molecule has 2 fully saturated rings. The Balaban J connectivity index is 1.75. The Morgan fingerprint density at radius 1 is 1.03 bits per heavy atom. The highest BCUT2D eigenvalue weighted by Gasteiger charge is 2.31. The van der Waals surface area contributed by atoms with E-state index in [1.807, 2.05) is 47.4 Å². The summed E-state index contributed by atoms with van der Waals surface area (Å²) in [6.45, 7) is 2.12. The number of benzene rings is 1. The van der Waals surface area contributed by atoms with Crippen molar-refractivity contribution in [2.45, 2.75) is 38.1 Å². The fourth-order valence-corrected chi connectivity index (χ4v) is 3.77. The molecule has 2 amide bonds. The molecular formula is C22H26N6O2. The molecule has 3 rings (SSSR count). The number of hydrogen-bond donors (Lipinski definition) is 2. The van der Waals surface area contributed by atoms with E-state index in [2.05, 4.69) is 10.6 Å². The summed E-state index contributed by atoms with van der Waals surface area (Å²) in [5.41, 5.74) is 0.570. The SMILES string of the molecule is N#CC(C#N)=C(Nc1ccccc1)N[C@H]1CCCCN(CC(=O)N2CCCC2)C1=O. The van der Waals surface area contributed by atoms with Crippen LogP contribution in [0.4, 0.5) is 5.69 Å². The maximum absolute atomic E-state index is 13.2. The first-order valence-electron chi connectivity index (χ1n) is 10.3. The number of nitrogens with one attached hydrogen (secondary N) is 2. The topological polar surface area (TPSA) is 112 Å². The van der Waals surface area contributed by atoms with Gasteiger partial charge in [-0.3, -0.25) is 9.59 Å². The summed E-state index contributed by atoms with van der Waals surface area (Å²) in [5.74, 6) is 0.00863. The van der Waals surface area contributed by atoms with Gasteiger partial charge in [-0.2, -0.15) is 10.5 Å². The molecule has 8 nitrogen and oxygen atoms in total.